The number of nitrogens with two attached hydrogens (primary N) is 1. The fourth-order valence-electron chi connectivity index (χ4n) is 1.28. The molecule has 0 amide bonds. The van der Waals surface area contributed by atoms with Gasteiger partial charge in [-0.15, -0.1) is 0 Å². The molecule has 0 saturated heterocycles. The third-order valence-corrected chi connectivity index (χ3v) is 2.25. The maximum Gasteiger partial charge on any atom is 0.0289 e. The van der Waals surface area contributed by atoms with Gasteiger partial charge in [0.15, 0.2) is 0 Å². The van der Waals surface area contributed by atoms with Gasteiger partial charge in [0.2, 0.25) is 0 Å². The summed E-state index contributed by atoms with van der Waals surface area (Å²) in [6, 6.07) is 0.262. The largest absolute Gasteiger partial charge is 0.324 e. The van der Waals surface area contributed by atoms with E-state index < -0.39 is 0 Å². The zero-order chi connectivity index (χ0) is 8.43. The van der Waals surface area contributed by atoms with Crippen molar-refractivity contribution in [1.82, 2.24) is 0 Å². The fraction of sp³-hybridized carbons (Fsp3) is 0.600. The highest BCUT2D eigenvalue weighted by atomic mass is 14.6. The molecule has 0 heterocycles. The Labute approximate surface area is 69.0 Å². The third kappa shape index (κ3) is 1.93. The van der Waals surface area contributed by atoms with Crippen molar-refractivity contribution in [2.75, 3.05) is 0 Å². The summed E-state index contributed by atoms with van der Waals surface area (Å²) in [5, 5.41) is 0. The summed E-state index contributed by atoms with van der Waals surface area (Å²) in [6.45, 7) is 6.54. The second-order valence-electron chi connectivity index (χ2n) is 3.59. The molecule has 62 valence electrons. The van der Waals surface area contributed by atoms with Gasteiger partial charge in [0.1, 0.15) is 0 Å². The Morgan fingerprint density at radius 2 is 2.18 bits per heavy atom. The first-order valence-corrected chi connectivity index (χ1v) is 4.25. The van der Waals surface area contributed by atoms with Crippen molar-refractivity contribution in [3.63, 3.8) is 0 Å². The van der Waals surface area contributed by atoms with E-state index in [0.29, 0.717) is 5.92 Å². The van der Waals surface area contributed by atoms with Gasteiger partial charge in [0.25, 0.3) is 0 Å². The van der Waals surface area contributed by atoms with E-state index >= 15 is 0 Å². The minimum atomic E-state index is 0.262. The predicted octanol–water partition coefficient (Wildman–Crippen LogP) is 2.25. The molecule has 1 aliphatic carbocycles. The summed E-state index contributed by atoms with van der Waals surface area (Å²) in [4.78, 5) is 0. The Morgan fingerprint density at radius 3 is 2.64 bits per heavy atom. The van der Waals surface area contributed by atoms with Crippen LogP contribution in [-0.4, -0.2) is 6.04 Å². The van der Waals surface area contributed by atoms with E-state index in [4.69, 9.17) is 5.73 Å². The van der Waals surface area contributed by atoms with Crippen molar-refractivity contribution >= 4 is 0 Å². The molecule has 11 heavy (non-hydrogen) atoms. The van der Waals surface area contributed by atoms with E-state index in [1.54, 1.807) is 0 Å². The summed E-state index contributed by atoms with van der Waals surface area (Å²) in [7, 11) is 0. The lowest BCUT2D eigenvalue weighted by atomic mass is 9.91. The van der Waals surface area contributed by atoms with Crippen LogP contribution >= 0.6 is 0 Å². The molecule has 1 rings (SSSR count). The number of allylic oxidation sites excluding steroid dienone is 2. The molecule has 1 aliphatic rings. The summed E-state index contributed by atoms with van der Waals surface area (Å²) in [6.07, 6.45) is 5.48. The van der Waals surface area contributed by atoms with Gasteiger partial charge < -0.3 is 5.73 Å². The van der Waals surface area contributed by atoms with Crippen molar-refractivity contribution in [1.29, 1.82) is 0 Å². The Bertz CT molecular complexity index is 199. The van der Waals surface area contributed by atoms with E-state index in [2.05, 4.69) is 32.9 Å². The molecule has 1 heteroatoms. The van der Waals surface area contributed by atoms with Crippen LogP contribution in [0.1, 0.15) is 27.2 Å². The Morgan fingerprint density at radius 1 is 1.55 bits per heavy atom. The van der Waals surface area contributed by atoms with Crippen molar-refractivity contribution in [3.8, 4) is 0 Å². The average Bonchev–Trinajstić information content (AvgIpc) is 1.94. The highest BCUT2D eigenvalue weighted by Crippen LogP contribution is 2.21. The van der Waals surface area contributed by atoms with E-state index in [-0.39, 0.29) is 6.04 Å². The summed E-state index contributed by atoms with van der Waals surface area (Å²) in [5.74, 6) is 0.637. The van der Waals surface area contributed by atoms with Crippen molar-refractivity contribution < 1.29 is 0 Å². The van der Waals surface area contributed by atoms with Crippen LogP contribution in [0.4, 0.5) is 0 Å². The SMILES string of the molecule is CC1=CC(C(C)C)=CCC1N. The monoisotopic (exact) mass is 151 g/mol. The molecule has 0 aliphatic heterocycles. The molecule has 0 radical (unpaired) electrons. The molecule has 0 bridgehead atoms. The van der Waals surface area contributed by atoms with Gasteiger partial charge in [0.05, 0.1) is 0 Å². The molecule has 0 aromatic rings. The maximum atomic E-state index is 5.83. The molecule has 0 fully saturated rings. The van der Waals surface area contributed by atoms with Gasteiger partial charge in [-0.1, -0.05) is 31.6 Å². The van der Waals surface area contributed by atoms with Crippen LogP contribution in [0.3, 0.4) is 0 Å². The minimum Gasteiger partial charge on any atom is -0.324 e. The van der Waals surface area contributed by atoms with E-state index in [0.717, 1.165) is 6.42 Å². The normalized spacial score (nSPS) is 25.0. The summed E-state index contributed by atoms with van der Waals surface area (Å²) in [5.41, 5.74) is 8.58. The Hall–Kier alpha value is -0.560. The molecule has 0 aromatic heterocycles. The first-order chi connectivity index (χ1) is 5.11. The summed E-state index contributed by atoms with van der Waals surface area (Å²) >= 11 is 0. The van der Waals surface area contributed by atoms with Crippen molar-refractivity contribution in [2.24, 2.45) is 11.7 Å². The fourth-order valence-corrected chi connectivity index (χ4v) is 1.28. The van der Waals surface area contributed by atoms with Crippen LogP contribution < -0.4 is 5.73 Å². The van der Waals surface area contributed by atoms with Crippen LogP contribution in [0.2, 0.25) is 0 Å². The standard InChI is InChI=1S/C10H17N/c1-7(2)9-4-5-10(11)8(3)6-9/h4,6-7,10H,5,11H2,1-3H3. The highest BCUT2D eigenvalue weighted by molar-refractivity contribution is 5.31. The average molecular weight is 151 g/mol. The van der Waals surface area contributed by atoms with Crippen LogP contribution in [-0.2, 0) is 0 Å². The molecule has 0 saturated carbocycles. The molecule has 2 N–H and O–H groups in total. The van der Waals surface area contributed by atoms with Gasteiger partial charge in [0, 0.05) is 6.04 Å². The lowest BCUT2D eigenvalue weighted by Crippen LogP contribution is -2.23. The van der Waals surface area contributed by atoms with Gasteiger partial charge in [-0.3, -0.25) is 0 Å². The lowest BCUT2D eigenvalue weighted by molar-refractivity contribution is 0.719. The third-order valence-electron chi connectivity index (χ3n) is 2.25. The van der Waals surface area contributed by atoms with E-state index in [9.17, 15) is 0 Å². The second kappa shape index (κ2) is 3.22. The topological polar surface area (TPSA) is 26.0 Å². The quantitative estimate of drug-likeness (QED) is 0.611. The van der Waals surface area contributed by atoms with Gasteiger partial charge >= 0.3 is 0 Å². The molecular formula is C10H17N. The minimum absolute atomic E-state index is 0.262. The van der Waals surface area contributed by atoms with Gasteiger partial charge in [-0.2, -0.15) is 0 Å². The molecule has 1 unspecified atom stereocenters. The van der Waals surface area contributed by atoms with E-state index in [1.165, 1.54) is 11.1 Å². The maximum absolute atomic E-state index is 5.83. The smallest absolute Gasteiger partial charge is 0.0289 e. The van der Waals surface area contributed by atoms with Crippen LogP contribution in [0.25, 0.3) is 0 Å². The van der Waals surface area contributed by atoms with Crippen molar-refractivity contribution in [3.05, 3.63) is 23.3 Å². The zero-order valence-electron chi connectivity index (χ0n) is 7.59. The highest BCUT2D eigenvalue weighted by Gasteiger charge is 2.11. The van der Waals surface area contributed by atoms with Gasteiger partial charge in [-0.05, 0) is 24.8 Å². The molecule has 1 nitrogen and oxygen atoms in total. The first-order valence-electron chi connectivity index (χ1n) is 4.25. The number of hydrogen-bond donors (Lipinski definition) is 1. The van der Waals surface area contributed by atoms with Crippen LogP contribution in [0.15, 0.2) is 23.3 Å². The Balaban J connectivity index is 2.74. The first kappa shape index (κ1) is 8.54. The van der Waals surface area contributed by atoms with E-state index in [1.807, 2.05) is 0 Å². The van der Waals surface area contributed by atoms with Gasteiger partial charge in [-0.25, -0.2) is 0 Å². The zero-order valence-corrected chi connectivity index (χ0v) is 7.59. The molecule has 0 spiro atoms. The number of hydrogen-bond acceptors (Lipinski definition) is 1. The molecule has 0 aromatic carbocycles. The molecule has 1 atom stereocenters. The number of rotatable bonds is 1. The Kier molecular flexibility index (Phi) is 2.50. The second-order valence-corrected chi connectivity index (χ2v) is 3.59. The summed E-state index contributed by atoms with van der Waals surface area (Å²) < 4.78 is 0. The van der Waals surface area contributed by atoms with Crippen LogP contribution in [0.5, 0.6) is 0 Å². The molecular weight excluding hydrogens is 134 g/mol. The van der Waals surface area contributed by atoms with Crippen molar-refractivity contribution in [2.45, 2.75) is 33.2 Å². The van der Waals surface area contributed by atoms with Crippen LogP contribution in [0, 0.1) is 5.92 Å². The lowest BCUT2D eigenvalue weighted by Gasteiger charge is -2.19. The predicted molar refractivity (Wildman–Crippen MR) is 49.3 cm³/mol.